The Balaban J connectivity index is 2.20. The molecular formula is C11H16N2O5S. The first kappa shape index (κ1) is 15.5. The lowest BCUT2D eigenvalue weighted by atomic mass is 10.2. The molecule has 0 aromatic rings. The van der Waals surface area contributed by atoms with Crippen LogP contribution < -0.4 is 5.32 Å². The first-order valence-corrected chi connectivity index (χ1v) is 6.80. The van der Waals surface area contributed by atoms with Crippen molar-refractivity contribution in [3.8, 4) is 0 Å². The first-order chi connectivity index (χ1) is 8.91. The van der Waals surface area contributed by atoms with E-state index in [4.69, 9.17) is 5.11 Å². The normalized spacial score (nSPS) is 18.8. The maximum atomic E-state index is 11.5. The van der Waals surface area contributed by atoms with Gasteiger partial charge in [-0.05, 0) is 13.3 Å². The van der Waals surface area contributed by atoms with Gasteiger partial charge in [-0.25, -0.2) is 0 Å². The molecule has 106 valence electrons. The van der Waals surface area contributed by atoms with E-state index in [1.54, 1.807) is 6.92 Å². The number of carbonyl (C=O) groups excluding carboxylic acids is 3. The number of carboxylic acid groups (broad SMARTS) is 1. The maximum absolute atomic E-state index is 11.5. The number of hydrogen-bond acceptors (Lipinski definition) is 5. The number of imide groups is 1. The molecule has 3 amide bonds. The summed E-state index contributed by atoms with van der Waals surface area (Å²) in [5, 5.41) is 10.3. The molecule has 1 heterocycles. The van der Waals surface area contributed by atoms with E-state index in [1.807, 2.05) is 0 Å². The summed E-state index contributed by atoms with van der Waals surface area (Å²) in [4.78, 5) is 45.7. The molecule has 0 aliphatic carbocycles. The van der Waals surface area contributed by atoms with Gasteiger partial charge in [0.15, 0.2) is 0 Å². The van der Waals surface area contributed by atoms with Crippen molar-refractivity contribution in [1.29, 1.82) is 0 Å². The van der Waals surface area contributed by atoms with Crippen molar-refractivity contribution in [2.75, 3.05) is 13.1 Å². The third-order valence-corrected chi connectivity index (χ3v) is 3.54. The zero-order chi connectivity index (χ0) is 14.4. The fraction of sp³-hybridized carbons (Fsp3) is 0.636. The minimum Gasteiger partial charge on any atom is -0.481 e. The fourth-order valence-corrected chi connectivity index (χ4v) is 2.41. The lowest BCUT2D eigenvalue weighted by Crippen LogP contribution is -2.38. The maximum Gasteiger partial charge on any atom is 0.303 e. The summed E-state index contributed by atoms with van der Waals surface area (Å²) >= 11 is 0.972. The number of carboxylic acids is 1. The van der Waals surface area contributed by atoms with Crippen molar-refractivity contribution in [2.24, 2.45) is 0 Å². The Morgan fingerprint density at radius 2 is 2.05 bits per heavy atom. The van der Waals surface area contributed by atoms with Crippen molar-refractivity contribution in [3.05, 3.63) is 0 Å². The Labute approximate surface area is 114 Å². The molecule has 0 radical (unpaired) electrons. The van der Waals surface area contributed by atoms with E-state index in [1.165, 1.54) is 0 Å². The molecule has 8 heteroatoms. The molecule has 0 saturated carbocycles. The molecule has 1 saturated heterocycles. The summed E-state index contributed by atoms with van der Waals surface area (Å²) in [6, 6.07) is 0. The number of nitrogens with one attached hydrogen (secondary N) is 1. The van der Waals surface area contributed by atoms with Gasteiger partial charge in [-0.1, -0.05) is 11.8 Å². The van der Waals surface area contributed by atoms with Crippen molar-refractivity contribution in [1.82, 2.24) is 10.2 Å². The van der Waals surface area contributed by atoms with Crippen LogP contribution >= 0.6 is 11.8 Å². The topological polar surface area (TPSA) is 104 Å². The van der Waals surface area contributed by atoms with Gasteiger partial charge in [0.25, 0.3) is 5.24 Å². The van der Waals surface area contributed by atoms with Crippen LogP contribution in [0, 0.1) is 0 Å². The Kier molecular flexibility index (Phi) is 5.81. The van der Waals surface area contributed by atoms with Gasteiger partial charge in [-0.3, -0.25) is 24.1 Å². The van der Waals surface area contributed by atoms with Crippen LogP contribution in [-0.4, -0.2) is 51.4 Å². The first-order valence-electron chi connectivity index (χ1n) is 5.92. The highest BCUT2D eigenvalue weighted by atomic mass is 32.2. The van der Waals surface area contributed by atoms with E-state index in [0.29, 0.717) is 0 Å². The quantitative estimate of drug-likeness (QED) is 0.704. The molecule has 19 heavy (non-hydrogen) atoms. The van der Waals surface area contributed by atoms with Crippen LogP contribution in [0.3, 0.4) is 0 Å². The third kappa shape index (κ3) is 4.90. The molecule has 1 rings (SSSR count). The number of aliphatic carboxylic acids is 1. The molecule has 0 aromatic carbocycles. The van der Waals surface area contributed by atoms with Gasteiger partial charge in [0.1, 0.15) is 0 Å². The molecule has 1 atom stereocenters. The van der Waals surface area contributed by atoms with Crippen molar-refractivity contribution >= 4 is 34.8 Å². The van der Waals surface area contributed by atoms with E-state index < -0.39 is 5.97 Å². The number of carbonyl (C=O) groups is 4. The Hall–Kier alpha value is -1.57. The highest BCUT2D eigenvalue weighted by Gasteiger charge is 2.36. The largest absolute Gasteiger partial charge is 0.481 e. The van der Waals surface area contributed by atoms with Crippen molar-refractivity contribution in [2.45, 2.75) is 31.4 Å². The summed E-state index contributed by atoms with van der Waals surface area (Å²) < 4.78 is 0. The summed E-state index contributed by atoms with van der Waals surface area (Å²) in [7, 11) is 0. The zero-order valence-corrected chi connectivity index (χ0v) is 11.4. The monoisotopic (exact) mass is 288 g/mol. The van der Waals surface area contributed by atoms with E-state index in [-0.39, 0.29) is 54.7 Å². The van der Waals surface area contributed by atoms with Gasteiger partial charge in [-0.15, -0.1) is 0 Å². The van der Waals surface area contributed by atoms with E-state index in [0.717, 1.165) is 16.7 Å². The lowest BCUT2D eigenvalue weighted by molar-refractivity contribution is -0.137. The molecule has 0 spiro atoms. The van der Waals surface area contributed by atoms with Gasteiger partial charge >= 0.3 is 5.97 Å². The SMILES string of the molecule is C[C@H]1SC(=O)N(CCNC(=O)CCCC(=O)O)C1=O. The van der Waals surface area contributed by atoms with Crippen molar-refractivity contribution in [3.63, 3.8) is 0 Å². The molecule has 1 aliphatic rings. The molecule has 0 unspecified atom stereocenters. The molecule has 7 nitrogen and oxygen atoms in total. The summed E-state index contributed by atoms with van der Waals surface area (Å²) in [6.45, 7) is 2.01. The average Bonchev–Trinajstić information content (AvgIpc) is 2.55. The van der Waals surface area contributed by atoms with Gasteiger partial charge in [0.05, 0.1) is 5.25 Å². The van der Waals surface area contributed by atoms with E-state index in [9.17, 15) is 19.2 Å². The third-order valence-electron chi connectivity index (χ3n) is 2.56. The van der Waals surface area contributed by atoms with Gasteiger partial charge in [0.2, 0.25) is 11.8 Å². The number of nitrogens with zero attached hydrogens (tertiary/aromatic N) is 1. The van der Waals surface area contributed by atoms with Crippen LogP contribution in [0.15, 0.2) is 0 Å². The lowest BCUT2D eigenvalue weighted by Gasteiger charge is -2.13. The van der Waals surface area contributed by atoms with Crippen LogP contribution in [0.25, 0.3) is 0 Å². The Morgan fingerprint density at radius 3 is 2.58 bits per heavy atom. The second-order valence-electron chi connectivity index (χ2n) is 4.11. The van der Waals surface area contributed by atoms with Crippen LogP contribution in [-0.2, 0) is 14.4 Å². The minimum absolute atomic E-state index is 0.0509. The highest BCUT2D eigenvalue weighted by Crippen LogP contribution is 2.25. The Morgan fingerprint density at radius 1 is 1.37 bits per heavy atom. The standard InChI is InChI=1S/C11H16N2O5S/c1-7-10(17)13(11(18)19-7)6-5-12-8(14)3-2-4-9(15)16/h7H,2-6H2,1H3,(H,12,14)(H,15,16)/t7-/m1/s1. The van der Waals surface area contributed by atoms with Gasteiger partial charge in [-0.2, -0.15) is 0 Å². The summed E-state index contributed by atoms with van der Waals surface area (Å²) in [5.41, 5.74) is 0. The summed E-state index contributed by atoms with van der Waals surface area (Å²) in [5.74, 6) is -1.46. The fourth-order valence-electron chi connectivity index (χ4n) is 1.57. The molecular weight excluding hydrogens is 272 g/mol. The number of amides is 3. The van der Waals surface area contributed by atoms with Gasteiger partial charge in [0, 0.05) is 25.9 Å². The highest BCUT2D eigenvalue weighted by molar-refractivity contribution is 8.15. The second kappa shape index (κ2) is 7.13. The zero-order valence-electron chi connectivity index (χ0n) is 10.5. The van der Waals surface area contributed by atoms with Gasteiger partial charge < -0.3 is 10.4 Å². The van der Waals surface area contributed by atoms with Crippen LogP contribution in [0.2, 0.25) is 0 Å². The molecule has 0 bridgehead atoms. The number of rotatable bonds is 7. The molecule has 0 aromatic heterocycles. The molecule has 1 aliphatic heterocycles. The predicted molar refractivity (Wildman–Crippen MR) is 68.7 cm³/mol. The van der Waals surface area contributed by atoms with Crippen LogP contribution in [0.4, 0.5) is 4.79 Å². The summed E-state index contributed by atoms with van der Waals surface area (Å²) in [6.07, 6.45) is 0.347. The number of hydrogen-bond donors (Lipinski definition) is 2. The van der Waals surface area contributed by atoms with E-state index >= 15 is 0 Å². The smallest absolute Gasteiger partial charge is 0.303 e. The second-order valence-corrected chi connectivity index (χ2v) is 5.41. The van der Waals surface area contributed by atoms with Crippen LogP contribution in [0.1, 0.15) is 26.2 Å². The average molecular weight is 288 g/mol. The molecule has 2 N–H and O–H groups in total. The Bertz CT molecular complexity index is 399. The number of thioether (sulfide) groups is 1. The van der Waals surface area contributed by atoms with E-state index in [2.05, 4.69) is 5.32 Å². The van der Waals surface area contributed by atoms with Crippen LogP contribution in [0.5, 0.6) is 0 Å². The molecule has 1 fully saturated rings. The predicted octanol–water partition coefficient (Wildman–Crippen LogP) is 0.441. The minimum atomic E-state index is -0.938. The van der Waals surface area contributed by atoms with Crippen molar-refractivity contribution < 1.29 is 24.3 Å².